The van der Waals surface area contributed by atoms with Crippen LogP contribution in [0.15, 0.2) is 0 Å². The molecule has 0 unspecified atom stereocenters. The van der Waals surface area contributed by atoms with Gasteiger partial charge < -0.3 is 5.73 Å². The van der Waals surface area contributed by atoms with E-state index in [1.165, 1.54) is 0 Å². The summed E-state index contributed by atoms with van der Waals surface area (Å²) >= 11 is 0. The van der Waals surface area contributed by atoms with Crippen molar-refractivity contribution in [2.24, 2.45) is 5.73 Å². The number of nitrogens with zero attached hydrogens (tertiary/aromatic N) is 1. The predicted molar refractivity (Wildman–Crippen MR) is 32.0 cm³/mol. The molecule has 0 saturated carbocycles. The summed E-state index contributed by atoms with van der Waals surface area (Å²) in [4.78, 5) is 2.07. The third kappa shape index (κ3) is 2.60. The topological polar surface area (TPSA) is 29.3 Å². The lowest BCUT2D eigenvalue weighted by Crippen LogP contribution is -2.31. The average molecular weight is 102 g/mol. The summed E-state index contributed by atoms with van der Waals surface area (Å²) in [5.41, 5.74) is 5.30. The Morgan fingerprint density at radius 3 is 2.00 bits per heavy atom. The minimum atomic E-state index is 0.574. The number of hydrogen-bond donors (Lipinski definition) is 1. The van der Waals surface area contributed by atoms with E-state index in [0.29, 0.717) is 12.7 Å². The fraction of sp³-hybridized carbons (Fsp3) is 1.00. The van der Waals surface area contributed by atoms with Crippen molar-refractivity contribution in [3.8, 4) is 0 Å². The van der Waals surface area contributed by atoms with E-state index in [-0.39, 0.29) is 0 Å². The van der Waals surface area contributed by atoms with E-state index in [2.05, 4.69) is 18.7 Å². The summed E-state index contributed by atoms with van der Waals surface area (Å²) in [5.74, 6) is 0. The summed E-state index contributed by atoms with van der Waals surface area (Å²) in [7, 11) is 2.00. The van der Waals surface area contributed by atoms with Crippen molar-refractivity contribution in [3.63, 3.8) is 0 Å². The largest absolute Gasteiger partial charge is 0.318 e. The molecule has 0 aliphatic heterocycles. The molecule has 2 N–H and O–H groups in total. The van der Waals surface area contributed by atoms with Gasteiger partial charge in [0.25, 0.3) is 0 Å². The first kappa shape index (κ1) is 6.92. The third-order valence-electron chi connectivity index (χ3n) is 1.17. The Bertz CT molecular complexity index is 43.3. The Balaban J connectivity index is 3.14. The Kier molecular flexibility index (Phi) is 2.96. The lowest BCUT2D eigenvalue weighted by molar-refractivity contribution is 0.282. The van der Waals surface area contributed by atoms with Gasteiger partial charge in [0.1, 0.15) is 0 Å². The molecule has 0 aliphatic carbocycles. The Morgan fingerprint density at radius 1 is 1.57 bits per heavy atom. The van der Waals surface area contributed by atoms with Crippen LogP contribution < -0.4 is 5.73 Å². The average Bonchev–Trinajstić information content (AvgIpc) is 1.65. The maximum atomic E-state index is 5.30. The van der Waals surface area contributed by atoms with Gasteiger partial charge in [0, 0.05) is 12.7 Å². The first-order valence-electron chi connectivity index (χ1n) is 2.58. The second-order valence-electron chi connectivity index (χ2n) is 2.03. The zero-order valence-electron chi connectivity index (χ0n) is 5.31. The highest BCUT2D eigenvalue weighted by atomic mass is 15.2. The highest BCUT2D eigenvalue weighted by Crippen LogP contribution is 1.86. The molecular weight excluding hydrogens is 88.1 g/mol. The molecule has 0 aromatic heterocycles. The molecule has 0 atom stereocenters. The van der Waals surface area contributed by atoms with Crippen LogP contribution in [-0.4, -0.2) is 24.7 Å². The summed E-state index contributed by atoms with van der Waals surface area (Å²) in [6.45, 7) is 4.89. The molecular formula is C5H14N2. The van der Waals surface area contributed by atoms with Gasteiger partial charge in [-0.25, -0.2) is 0 Å². The van der Waals surface area contributed by atoms with E-state index in [1.54, 1.807) is 0 Å². The first-order chi connectivity index (χ1) is 3.18. The second-order valence-corrected chi connectivity index (χ2v) is 2.03. The molecule has 0 radical (unpaired) electrons. The van der Waals surface area contributed by atoms with Gasteiger partial charge in [-0.1, -0.05) is 0 Å². The van der Waals surface area contributed by atoms with Crippen molar-refractivity contribution in [1.29, 1.82) is 0 Å². The molecule has 2 nitrogen and oxygen atoms in total. The first-order valence-corrected chi connectivity index (χ1v) is 2.58. The summed E-state index contributed by atoms with van der Waals surface area (Å²) in [6, 6.07) is 0.574. The van der Waals surface area contributed by atoms with E-state index in [1.807, 2.05) is 7.05 Å². The molecule has 44 valence electrons. The molecule has 0 spiro atoms. The fourth-order valence-corrected chi connectivity index (χ4v) is 0.211. The molecule has 2 heteroatoms. The maximum Gasteiger partial charge on any atom is 0.0454 e. The van der Waals surface area contributed by atoms with Crippen LogP contribution in [0.4, 0.5) is 0 Å². The molecule has 0 amide bonds. The van der Waals surface area contributed by atoms with Crippen LogP contribution in [0.1, 0.15) is 13.8 Å². The molecule has 0 aromatic rings. The lowest BCUT2D eigenvalue weighted by Gasteiger charge is -2.17. The van der Waals surface area contributed by atoms with Gasteiger partial charge in [0.05, 0.1) is 0 Å². The van der Waals surface area contributed by atoms with Crippen molar-refractivity contribution >= 4 is 0 Å². The molecule has 0 aliphatic rings. The normalized spacial score (nSPS) is 11.1. The Labute approximate surface area is 45.3 Å². The highest BCUT2D eigenvalue weighted by Gasteiger charge is 1.96. The Morgan fingerprint density at radius 2 is 2.00 bits per heavy atom. The van der Waals surface area contributed by atoms with Gasteiger partial charge in [-0.15, -0.1) is 0 Å². The van der Waals surface area contributed by atoms with Crippen LogP contribution in [-0.2, 0) is 0 Å². The summed E-state index contributed by atoms with van der Waals surface area (Å²) < 4.78 is 0. The molecule has 0 fully saturated rings. The van der Waals surface area contributed by atoms with Crippen molar-refractivity contribution in [1.82, 2.24) is 4.90 Å². The zero-order valence-corrected chi connectivity index (χ0v) is 5.31. The fourth-order valence-electron chi connectivity index (χ4n) is 0.211. The van der Waals surface area contributed by atoms with E-state index < -0.39 is 0 Å². The predicted octanol–water partition coefficient (Wildman–Crippen LogP) is 0.243. The van der Waals surface area contributed by atoms with Gasteiger partial charge in [-0.2, -0.15) is 0 Å². The monoisotopic (exact) mass is 102 g/mol. The molecule has 0 rings (SSSR count). The standard InChI is InChI=1S/C5H14N2/c1-5(2)7(3)4-6/h5H,4,6H2,1-3H3. The molecule has 0 heterocycles. The minimum Gasteiger partial charge on any atom is -0.318 e. The van der Waals surface area contributed by atoms with E-state index >= 15 is 0 Å². The van der Waals surface area contributed by atoms with Gasteiger partial charge >= 0.3 is 0 Å². The molecule has 0 bridgehead atoms. The van der Waals surface area contributed by atoms with Gasteiger partial charge in [0.2, 0.25) is 0 Å². The van der Waals surface area contributed by atoms with Gasteiger partial charge in [-0.3, -0.25) is 4.90 Å². The molecule has 0 saturated heterocycles. The molecule has 7 heavy (non-hydrogen) atoms. The quantitative estimate of drug-likeness (QED) is 0.506. The number of nitrogens with two attached hydrogens (primary N) is 1. The van der Waals surface area contributed by atoms with Crippen molar-refractivity contribution < 1.29 is 0 Å². The van der Waals surface area contributed by atoms with Gasteiger partial charge in [0.15, 0.2) is 0 Å². The van der Waals surface area contributed by atoms with E-state index in [0.717, 1.165) is 0 Å². The smallest absolute Gasteiger partial charge is 0.0454 e. The van der Waals surface area contributed by atoms with Crippen LogP contribution in [0.3, 0.4) is 0 Å². The van der Waals surface area contributed by atoms with E-state index in [9.17, 15) is 0 Å². The lowest BCUT2D eigenvalue weighted by atomic mass is 10.4. The van der Waals surface area contributed by atoms with Crippen molar-refractivity contribution in [3.05, 3.63) is 0 Å². The SMILES string of the molecule is CC(C)N(C)CN. The van der Waals surface area contributed by atoms with Crippen LogP contribution >= 0.6 is 0 Å². The summed E-state index contributed by atoms with van der Waals surface area (Å²) in [6.07, 6.45) is 0. The van der Waals surface area contributed by atoms with Crippen molar-refractivity contribution in [2.45, 2.75) is 19.9 Å². The van der Waals surface area contributed by atoms with Crippen LogP contribution in [0.25, 0.3) is 0 Å². The highest BCUT2D eigenvalue weighted by molar-refractivity contribution is 4.50. The maximum absolute atomic E-state index is 5.30. The number of hydrogen-bond acceptors (Lipinski definition) is 2. The van der Waals surface area contributed by atoms with Gasteiger partial charge in [-0.05, 0) is 20.9 Å². The van der Waals surface area contributed by atoms with Crippen LogP contribution in [0, 0.1) is 0 Å². The second kappa shape index (κ2) is 2.99. The number of rotatable bonds is 2. The molecule has 0 aromatic carbocycles. The van der Waals surface area contributed by atoms with E-state index in [4.69, 9.17) is 5.73 Å². The minimum absolute atomic E-state index is 0.574. The van der Waals surface area contributed by atoms with Crippen LogP contribution in [0.2, 0.25) is 0 Å². The van der Waals surface area contributed by atoms with Crippen molar-refractivity contribution in [2.75, 3.05) is 13.7 Å². The Hall–Kier alpha value is -0.0800. The summed E-state index contributed by atoms with van der Waals surface area (Å²) in [5, 5.41) is 0. The van der Waals surface area contributed by atoms with Crippen LogP contribution in [0.5, 0.6) is 0 Å². The third-order valence-corrected chi connectivity index (χ3v) is 1.17. The zero-order chi connectivity index (χ0) is 5.86.